The van der Waals surface area contributed by atoms with Crippen LogP contribution in [0, 0.1) is 5.82 Å². The van der Waals surface area contributed by atoms with Crippen LogP contribution >= 0.6 is 23.1 Å². The van der Waals surface area contributed by atoms with E-state index in [9.17, 15) is 9.18 Å². The molecule has 3 heterocycles. The van der Waals surface area contributed by atoms with E-state index in [-0.39, 0.29) is 11.4 Å². The Morgan fingerprint density at radius 1 is 1.21 bits per heavy atom. The van der Waals surface area contributed by atoms with E-state index in [1.165, 1.54) is 40.8 Å². The van der Waals surface area contributed by atoms with E-state index >= 15 is 0 Å². The van der Waals surface area contributed by atoms with Crippen molar-refractivity contribution in [3.63, 3.8) is 0 Å². The maximum Gasteiger partial charge on any atom is 0.263 e. The number of nitrogens with zero attached hydrogens (tertiary/aromatic N) is 2. The molecule has 0 N–H and O–H groups in total. The molecule has 4 aromatic rings. The summed E-state index contributed by atoms with van der Waals surface area (Å²) in [5.41, 5.74) is 2.04. The molecule has 0 fully saturated rings. The van der Waals surface area contributed by atoms with Crippen molar-refractivity contribution in [2.24, 2.45) is 0 Å². The Kier molecular flexibility index (Phi) is 5.01. The number of fused-ring (bicyclic) bond motifs is 3. The maximum absolute atomic E-state index is 13.5. The summed E-state index contributed by atoms with van der Waals surface area (Å²) in [7, 11) is 0. The predicted octanol–water partition coefficient (Wildman–Crippen LogP) is 5.41. The summed E-state index contributed by atoms with van der Waals surface area (Å²) in [6.07, 6.45) is 5.87. The number of halogens is 1. The van der Waals surface area contributed by atoms with E-state index < -0.39 is 0 Å². The topological polar surface area (TPSA) is 48.0 Å². The van der Waals surface area contributed by atoms with Crippen LogP contribution in [0.4, 0.5) is 4.39 Å². The molecule has 4 nitrogen and oxygen atoms in total. The molecule has 148 valence electrons. The Bertz CT molecular complexity index is 1230. The third-order valence-corrected chi connectivity index (χ3v) is 7.42. The Hall–Kier alpha value is -2.38. The molecule has 1 aliphatic carbocycles. The van der Waals surface area contributed by atoms with Crippen molar-refractivity contribution in [2.75, 3.05) is 0 Å². The Morgan fingerprint density at radius 2 is 2.10 bits per heavy atom. The predicted molar refractivity (Wildman–Crippen MR) is 114 cm³/mol. The number of hydrogen-bond acceptors (Lipinski definition) is 5. The minimum absolute atomic E-state index is 0.00691. The molecule has 7 heteroatoms. The van der Waals surface area contributed by atoms with Crippen LogP contribution in [0.25, 0.3) is 10.2 Å². The highest BCUT2D eigenvalue weighted by molar-refractivity contribution is 7.98. The van der Waals surface area contributed by atoms with Gasteiger partial charge in [0.1, 0.15) is 16.4 Å². The lowest BCUT2D eigenvalue weighted by Gasteiger charge is -2.13. The molecule has 0 unspecified atom stereocenters. The van der Waals surface area contributed by atoms with Gasteiger partial charge in [-0.2, -0.15) is 0 Å². The molecule has 0 spiro atoms. The quantitative estimate of drug-likeness (QED) is 0.316. The van der Waals surface area contributed by atoms with Gasteiger partial charge in [0.15, 0.2) is 5.16 Å². The van der Waals surface area contributed by atoms with E-state index in [0.29, 0.717) is 23.2 Å². The minimum atomic E-state index is -0.259. The third-order valence-electron chi connectivity index (χ3n) is 5.19. The number of thiophene rings is 1. The standard InChI is InChI=1S/C22H19FN2O2S2/c23-15-6-3-5-14(11-15)13-28-22-24-20-19(17-8-1-2-9-18(17)29-20)21(26)25(22)12-16-7-4-10-27-16/h3-7,10-11H,1-2,8-9,12-13H2. The normalized spacial score (nSPS) is 13.7. The summed E-state index contributed by atoms with van der Waals surface area (Å²) < 4.78 is 20.7. The van der Waals surface area contributed by atoms with Gasteiger partial charge >= 0.3 is 0 Å². The van der Waals surface area contributed by atoms with Crippen molar-refractivity contribution in [2.45, 2.75) is 43.1 Å². The molecule has 0 saturated carbocycles. The summed E-state index contributed by atoms with van der Waals surface area (Å²) in [4.78, 5) is 20.5. The number of rotatable bonds is 5. The van der Waals surface area contributed by atoms with Crippen LogP contribution in [0.3, 0.4) is 0 Å². The second-order valence-corrected chi connectivity index (χ2v) is 9.20. The van der Waals surface area contributed by atoms with E-state index in [2.05, 4.69) is 0 Å². The van der Waals surface area contributed by atoms with Crippen LogP contribution in [0.2, 0.25) is 0 Å². The molecule has 0 radical (unpaired) electrons. The van der Waals surface area contributed by atoms with E-state index in [4.69, 9.17) is 9.40 Å². The first-order valence-electron chi connectivity index (χ1n) is 9.64. The first-order chi connectivity index (χ1) is 14.2. The maximum atomic E-state index is 13.5. The van der Waals surface area contributed by atoms with E-state index in [1.54, 1.807) is 28.2 Å². The van der Waals surface area contributed by atoms with Gasteiger partial charge in [-0.05, 0) is 61.1 Å². The fraction of sp³-hybridized carbons (Fsp3) is 0.273. The van der Waals surface area contributed by atoms with Gasteiger partial charge < -0.3 is 4.42 Å². The zero-order valence-corrected chi connectivity index (χ0v) is 17.3. The molecule has 3 aromatic heterocycles. The van der Waals surface area contributed by atoms with Crippen molar-refractivity contribution in [1.29, 1.82) is 0 Å². The number of thioether (sulfide) groups is 1. The summed E-state index contributed by atoms with van der Waals surface area (Å²) in [5, 5.41) is 1.41. The highest BCUT2D eigenvalue weighted by Crippen LogP contribution is 2.35. The zero-order chi connectivity index (χ0) is 19.8. The van der Waals surface area contributed by atoms with Crippen molar-refractivity contribution in [3.05, 3.63) is 80.6 Å². The SMILES string of the molecule is O=c1c2c3c(sc2nc(SCc2cccc(F)c2)n1Cc1ccco1)CCCC3. The molecule has 0 bridgehead atoms. The van der Waals surface area contributed by atoms with Gasteiger partial charge in [-0.1, -0.05) is 23.9 Å². The fourth-order valence-electron chi connectivity index (χ4n) is 3.80. The lowest BCUT2D eigenvalue weighted by Crippen LogP contribution is -2.24. The first-order valence-corrected chi connectivity index (χ1v) is 11.4. The molecular formula is C22H19FN2O2S2. The number of benzene rings is 1. The van der Waals surface area contributed by atoms with Gasteiger partial charge in [-0.3, -0.25) is 9.36 Å². The fourth-order valence-corrected chi connectivity index (χ4v) is 6.05. The van der Waals surface area contributed by atoms with Gasteiger partial charge in [-0.25, -0.2) is 9.37 Å². The molecular weight excluding hydrogens is 407 g/mol. The monoisotopic (exact) mass is 426 g/mol. The second-order valence-electron chi connectivity index (χ2n) is 7.17. The summed E-state index contributed by atoms with van der Waals surface area (Å²) in [5.74, 6) is 0.995. The van der Waals surface area contributed by atoms with Crippen molar-refractivity contribution in [3.8, 4) is 0 Å². The van der Waals surface area contributed by atoms with Gasteiger partial charge in [0.2, 0.25) is 0 Å². The number of furan rings is 1. The van der Waals surface area contributed by atoms with Crippen LogP contribution in [0.15, 0.2) is 57.0 Å². The van der Waals surface area contributed by atoms with Crippen LogP contribution in [-0.4, -0.2) is 9.55 Å². The minimum Gasteiger partial charge on any atom is -0.467 e. The van der Waals surface area contributed by atoms with Crippen molar-refractivity contribution < 1.29 is 8.81 Å². The lowest BCUT2D eigenvalue weighted by atomic mass is 9.97. The average molecular weight is 427 g/mol. The number of aryl methyl sites for hydroxylation is 2. The summed E-state index contributed by atoms with van der Waals surface area (Å²) in [6, 6.07) is 10.2. The third kappa shape index (κ3) is 3.65. The van der Waals surface area contributed by atoms with Crippen LogP contribution in [0.1, 0.15) is 34.6 Å². The van der Waals surface area contributed by atoms with Gasteiger partial charge in [-0.15, -0.1) is 11.3 Å². The zero-order valence-electron chi connectivity index (χ0n) is 15.7. The van der Waals surface area contributed by atoms with E-state index in [1.807, 2.05) is 18.2 Å². The molecule has 1 aromatic carbocycles. The van der Waals surface area contributed by atoms with Crippen LogP contribution in [-0.2, 0) is 25.1 Å². The molecule has 0 aliphatic heterocycles. The van der Waals surface area contributed by atoms with Crippen molar-refractivity contribution >= 4 is 33.3 Å². The van der Waals surface area contributed by atoms with Gasteiger partial charge in [0, 0.05) is 10.6 Å². The lowest BCUT2D eigenvalue weighted by molar-refractivity contribution is 0.476. The smallest absolute Gasteiger partial charge is 0.263 e. The Balaban J connectivity index is 1.59. The molecule has 1 aliphatic rings. The average Bonchev–Trinajstić information content (AvgIpc) is 3.36. The first kappa shape index (κ1) is 18.6. The Labute approximate surface area is 175 Å². The van der Waals surface area contributed by atoms with Crippen LogP contribution < -0.4 is 5.56 Å². The van der Waals surface area contributed by atoms with E-state index in [0.717, 1.165) is 35.0 Å². The molecule has 0 amide bonds. The highest BCUT2D eigenvalue weighted by Gasteiger charge is 2.22. The summed E-state index contributed by atoms with van der Waals surface area (Å²) >= 11 is 3.10. The molecule has 0 saturated heterocycles. The number of aromatic nitrogens is 2. The molecule has 29 heavy (non-hydrogen) atoms. The molecule has 5 rings (SSSR count). The Morgan fingerprint density at radius 3 is 2.93 bits per heavy atom. The van der Waals surface area contributed by atoms with Crippen molar-refractivity contribution in [1.82, 2.24) is 9.55 Å². The van der Waals surface area contributed by atoms with Gasteiger partial charge in [0.05, 0.1) is 18.2 Å². The number of hydrogen-bond donors (Lipinski definition) is 0. The van der Waals surface area contributed by atoms with Crippen LogP contribution in [0.5, 0.6) is 0 Å². The molecule has 0 atom stereocenters. The second kappa shape index (κ2) is 7.80. The van der Waals surface area contributed by atoms with Gasteiger partial charge in [0.25, 0.3) is 5.56 Å². The summed E-state index contributed by atoms with van der Waals surface area (Å²) in [6.45, 7) is 0.338. The highest BCUT2D eigenvalue weighted by atomic mass is 32.2. The largest absolute Gasteiger partial charge is 0.467 e.